The van der Waals surface area contributed by atoms with Crippen LogP contribution in [0.2, 0.25) is 0 Å². The standard InChI is InChI=1S/C25H26N4O3S/c1-28(2)33(31,32)18-10-12-22-21(15-18)26-23(29(22)3)13-14-24(30)27-20-11-9-17-8-7-16-5-4-6-19(20)25(16)17/h4-6,9-12,15H,7-8,13-14H2,1-3H3,(H,27,30). The van der Waals surface area contributed by atoms with Gasteiger partial charge in [-0.1, -0.05) is 24.3 Å². The average molecular weight is 463 g/mol. The first-order valence-electron chi connectivity index (χ1n) is 11.0. The Bertz CT molecular complexity index is 1510. The maximum absolute atomic E-state index is 12.8. The van der Waals surface area contributed by atoms with Crippen LogP contribution in [0.3, 0.4) is 0 Å². The van der Waals surface area contributed by atoms with Gasteiger partial charge in [-0.2, -0.15) is 0 Å². The number of rotatable bonds is 6. The molecule has 1 amide bonds. The fourth-order valence-corrected chi connectivity index (χ4v) is 5.54. The lowest BCUT2D eigenvalue weighted by Gasteiger charge is -2.11. The Kier molecular flexibility index (Phi) is 5.22. The van der Waals surface area contributed by atoms with Gasteiger partial charge in [-0.25, -0.2) is 17.7 Å². The molecule has 0 unspecified atom stereocenters. The number of fused-ring (bicyclic) bond motifs is 1. The van der Waals surface area contributed by atoms with Crippen molar-refractivity contribution in [2.24, 2.45) is 7.05 Å². The smallest absolute Gasteiger partial charge is 0.242 e. The monoisotopic (exact) mass is 462 g/mol. The Hall–Kier alpha value is -3.23. The predicted molar refractivity (Wildman–Crippen MR) is 130 cm³/mol. The first-order chi connectivity index (χ1) is 15.8. The average Bonchev–Trinajstić information content (AvgIpc) is 3.36. The summed E-state index contributed by atoms with van der Waals surface area (Å²) in [6.07, 6.45) is 2.83. The SMILES string of the molecule is CN(C)S(=O)(=O)c1ccc2c(c1)nc(CCC(=O)Nc1ccc3c4c(cccc14)CC3)n2C. The fourth-order valence-electron chi connectivity index (χ4n) is 4.62. The number of benzene rings is 3. The zero-order valence-corrected chi connectivity index (χ0v) is 19.7. The van der Waals surface area contributed by atoms with Crippen LogP contribution in [0.5, 0.6) is 0 Å². The van der Waals surface area contributed by atoms with Crippen LogP contribution in [0, 0.1) is 0 Å². The molecule has 0 radical (unpaired) electrons. The largest absolute Gasteiger partial charge is 0.331 e. The number of hydrogen-bond acceptors (Lipinski definition) is 4. The number of nitrogens with one attached hydrogen (secondary N) is 1. The van der Waals surface area contributed by atoms with Crippen LogP contribution >= 0.6 is 0 Å². The van der Waals surface area contributed by atoms with Crippen LogP contribution in [-0.2, 0) is 41.1 Å². The summed E-state index contributed by atoms with van der Waals surface area (Å²) in [6, 6.07) is 15.3. The Morgan fingerprint density at radius 1 is 1.09 bits per heavy atom. The molecule has 0 saturated heterocycles. The van der Waals surface area contributed by atoms with Gasteiger partial charge in [0.05, 0.1) is 15.9 Å². The lowest BCUT2D eigenvalue weighted by molar-refractivity contribution is -0.116. The number of amides is 1. The third-order valence-corrected chi connectivity index (χ3v) is 8.26. The quantitative estimate of drug-likeness (QED) is 0.474. The molecule has 1 heterocycles. The van der Waals surface area contributed by atoms with E-state index in [1.54, 1.807) is 18.2 Å². The first-order valence-corrected chi connectivity index (χ1v) is 12.4. The molecule has 0 atom stereocenters. The van der Waals surface area contributed by atoms with Gasteiger partial charge in [-0.3, -0.25) is 4.79 Å². The van der Waals surface area contributed by atoms with Gasteiger partial charge in [-0.15, -0.1) is 0 Å². The number of sulfonamides is 1. The second kappa shape index (κ2) is 7.97. The highest BCUT2D eigenvalue weighted by atomic mass is 32.2. The van der Waals surface area contributed by atoms with E-state index in [0.717, 1.165) is 35.3 Å². The van der Waals surface area contributed by atoms with Crippen molar-refractivity contribution in [3.8, 4) is 0 Å². The molecule has 0 saturated carbocycles. The molecule has 33 heavy (non-hydrogen) atoms. The Labute approximate surface area is 193 Å². The van der Waals surface area contributed by atoms with E-state index in [-0.39, 0.29) is 17.2 Å². The van der Waals surface area contributed by atoms with E-state index in [1.165, 1.54) is 34.9 Å². The number of aryl methyl sites for hydroxylation is 4. The van der Waals surface area contributed by atoms with Gasteiger partial charge in [0.1, 0.15) is 5.82 Å². The molecule has 170 valence electrons. The highest BCUT2D eigenvalue weighted by Gasteiger charge is 2.20. The number of carbonyl (C=O) groups excluding carboxylic acids is 1. The number of carbonyl (C=O) groups is 1. The van der Waals surface area contributed by atoms with Crippen molar-refractivity contribution in [3.05, 3.63) is 65.5 Å². The van der Waals surface area contributed by atoms with Crippen LogP contribution in [0.4, 0.5) is 5.69 Å². The fraction of sp³-hybridized carbons (Fsp3) is 0.280. The lowest BCUT2D eigenvalue weighted by atomic mass is 10.0. The normalized spacial score (nSPS) is 13.3. The van der Waals surface area contributed by atoms with E-state index in [4.69, 9.17) is 0 Å². The van der Waals surface area contributed by atoms with Gasteiger partial charge in [0, 0.05) is 45.1 Å². The van der Waals surface area contributed by atoms with Crippen molar-refractivity contribution in [3.63, 3.8) is 0 Å². The molecule has 0 spiro atoms. The van der Waals surface area contributed by atoms with Crippen molar-refractivity contribution in [1.82, 2.24) is 13.9 Å². The zero-order chi connectivity index (χ0) is 23.3. The first kappa shape index (κ1) is 21.6. The maximum Gasteiger partial charge on any atom is 0.242 e. The van der Waals surface area contributed by atoms with Crippen LogP contribution in [0.15, 0.2) is 53.4 Å². The van der Waals surface area contributed by atoms with Crippen LogP contribution < -0.4 is 5.32 Å². The molecule has 0 aliphatic heterocycles. The summed E-state index contributed by atoms with van der Waals surface area (Å²) in [5.41, 5.74) is 4.95. The van der Waals surface area contributed by atoms with Gasteiger partial charge in [0.25, 0.3) is 0 Å². The minimum absolute atomic E-state index is 0.0726. The van der Waals surface area contributed by atoms with Crippen LogP contribution in [0.1, 0.15) is 23.4 Å². The van der Waals surface area contributed by atoms with Gasteiger partial charge in [0.2, 0.25) is 15.9 Å². The molecule has 1 aliphatic rings. The number of anilines is 1. The number of nitrogens with zero attached hydrogens (tertiary/aromatic N) is 3. The summed E-state index contributed by atoms with van der Waals surface area (Å²) in [5.74, 6) is 0.664. The Morgan fingerprint density at radius 3 is 2.61 bits per heavy atom. The molecule has 1 aliphatic carbocycles. The van der Waals surface area contributed by atoms with Crippen LogP contribution in [0.25, 0.3) is 21.8 Å². The summed E-state index contributed by atoms with van der Waals surface area (Å²) in [5, 5.41) is 5.43. The maximum atomic E-state index is 12.8. The zero-order valence-electron chi connectivity index (χ0n) is 18.9. The summed E-state index contributed by atoms with van der Waals surface area (Å²) in [4.78, 5) is 17.6. The van der Waals surface area contributed by atoms with Gasteiger partial charge < -0.3 is 9.88 Å². The summed E-state index contributed by atoms with van der Waals surface area (Å²) >= 11 is 0. The molecule has 3 aromatic carbocycles. The van der Waals surface area contributed by atoms with Gasteiger partial charge >= 0.3 is 0 Å². The van der Waals surface area contributed by atoms with Crippen molar-refractivity contribution in [2.75, 3.05) is 19.4 Å². The lowest BCUT2D eigenvalue weighted by Crippen LogP contribution is -2.22. The Balaban J connectivity index is 1.35. The van der Waals surface area contributed by atoms with Crippen molar-refractivity contribution in [2.45, 2.75) is 30.6 Å². The van der Waals surface area contributed by atoms with Gasteiger partial charge in [0.15, 0.2) is 0 Å². The van der Waals surface area contributed by atoms with E-state index in [0.29, 0.717) is 11.9 Å². The molecular formula is C25H26N4O3S. The molecule has 5 rings (SSSR count). The third-order valence-electron chi connectivity index (χ3n) is 6.45. The second-order valence-corrected chi connectivity index (χ2v) is 10.8. The van der Waals surface area contributed by atoms with Crippen molar-refractivity contribution < 1.29 is 13.2 Å². The number of aromatic nitrogens is 2. The highest BCUT2D eigenvalue weighted by molar-refractivity contribution is 7.89. The predicted octanol–water partition coefficient (Wildman–Crippen LogP) is 3.65. The highest BCUT2D eigenvalue weighted by Crippen LogP contribution is 2.35. The molecule has 1 aromatic heterocycles. The minimum atomic E-state index is -3.53. The van der Waals surface area contributed by atoms with E-state index in [2.05, 4.69) is 28.5 Å². The van der Waals surface area contributed by atoms with Crippen molar-refractivity contribution >= 4 is 43.4 Å². The van der Waals surface area contributed by atoms with E-state index < -0.39 is 10.0 Å². The molecule has 8 heteroatoms. The number of imidazole rings is 1. The third kappa shape index (κ3) is 3.69. The Morgan fingerprint density at radius 2 is 1.85 bits per heavy atom. The number of hydrogen-bond donors (Lipinski definition) is 1. The van der Waals surface area contributed by atoms with Crippen molar-refractivity contribution in [1.29, 1.82) is 0 Å². The molecule has 0 fully saturated rings. The molecule has 1 N–H and O–H groups in total. The van der Waals surface area contributed by atoms with Gasteiger partial charge in [-0.05, 0) is 53.6 Å². The van der Waals surface area contributed by atoms with E-state index in [9.17, 15) is 13.2 Å². The summed E-state index contributed by atoms with van der Waals surface area (Å²) in [6.45, 7) is 0. The molecule has 4 aromatic rings. The molecule has 0 bridgehead atoms. The summed E-state index contributed by atoms with van der Waals surface area (Å²) < 4.78 is 28.0. The van der Waals surface area contributed by atoms with E-state index >= 15 is 0 Å². The topological polar surface area (TPSA) is 84.3 Å². The second-order valence-electron chi connectivity index (χ2n) is 8.69. The van der Waals surface area contributed by atoms with Crippen LogP contribution in [-0.4, -0.2) is 42.3 Å². The molecular weight excluding hydrogens is 436 g/mol. The minimum Gasteiger partial charge on any atom is -0.331 e. The van der Waals surface area contributed by atoms with E-state index in [1.807, 2.05) is 23.7 Å². The molecule has 7 nitrogen and oxygen atoms in total. The summed E-state index contributed by atoms with van der Waals surface area (Å²) in [7, 11) is 1.36.